The molecule has 0 saturated heterocycles. The first kappa shape index (κ1) is 13.0. The summed E-state index contributed by atoms with van der Waals surface area (Å²) in [4.78, 5) is 24.4. The molecule has 5 nitrogen and oxygen atoms in total. The molecule has 22 heavy (non-hydrogen) atoms. The largest absolute Gasteiger partial charge is 0.349 e. The second-order valence-electron chi connectivity index (χ2n) is 5.01. The average Bonchev–Trinajstić information content (AvgIpc) is 2.92. The first-order chi connectivity index (χ1) is 10.7. The molecule has 0 aliphatic rings. The number of fused-ring (bicyclic) bond motifs is 3. The Bertz CT molecular complexity index is 1040. The van der Waals surface area contributed by atoms with Crippen LogP contribution in [0.15, 0.2) is 53.7 Å². The van der Waals surface area contributed by atoms with Gasteiger partial charge in [-0.25, -0.2) is 4.98 Å². The molecule has 0 unspecified atom stereocenters. The van der Waals surface area contributed by atoms with Crippen LogP contribution in [0.5, 0.6) is 0 Å². The summed E-state index contributed by atoms with van der Waals surface area (Å²) in [5, 5.41) is 1.36. The molecule has 0 radical (unpaired) electrons. The highest BCUT2D eigenvalue weighted by atomic mass is 35.5. The molecular formula is C16H11ClN4O. The summed E-state index contributed by atoms with van der Waals surface area (Å²) < 4.78 is 1.54. The summed E-state index contributed by atoms with van der Waals surface area (Å²) in [6, 6.07) is 11.1. The molecule has 0 bridgehead atoms. The van der Waals surface area contributed by atoms with Crippen molar-refractivity contribution in [3.8, 4) is 0 Å². The van der Waals surface area contributed by atoms with Crippen LogP contribution in [0.4, 0.5) is 0 Å². The van der Waals surface area contributed by atoms with Crippen molar-refractivity contribution >= 4 is 33.5 Å². The van der Waals surface area contributed by atoms with Gasteiger partial charge in [-0.15, -0.1) is 0 Å². The second-order valence-corrected chi connectivity index (χ2v) is 5.42. The summed E-state index contributed by atoms with van der Waals surface area (Å²) >= 11 is 6.22. The molecule has 3 aromatic heterocycles. The monoisotopic (exact) mass is 310 g/mol. The van der Waals surface area contributed by atoms with Gasteiger partial charge in [-0.1, -0.05) is 23.7 Å². The fourth-order valence-electron chi connectivity index (χ4n) is 2.57. The van der Waals surface area contributed by atoms with Crippen LogP contribution in [0.2, 0.25) is 5.02 Å². The molecule has 0 spiro atoms. The van der Waals surface area contributed by atoms with Crippen molar-refractivity contribution in [1.29, 1.82) is 0 Å². The van der Waals surface area contributed by atoms with E-state index in [-0.39, 0.29) is 5.56 Å². The molecule has 0 aliphatic carbocycles. The van der Waals surface area contributed by atoms with Gasteiger partial charge in [0.15, 0.2) is 0 Å². The second kappa shape index (κ2) is 4.96. The molecule has 6 heteroatoms. The normalized spacial score (nSPS) is 11.3. The molecule has 4 rings (SSSR count). The number of hydrogen-bond acceptors (Lipinski definition) is 3. The molecule has 108 valence electrons. The summed E-state index contributed by atoms with van der Waals surface area (Å²) in [6.07, 6.45) is 3.24. The fourth-order valence-corrected chi connectivity index (χ4v) is 2.84. The lowest BCUT2D eigenvalue weighted by molar-refractivity contribution is 0.729. The lowest BCUT2D eigenvalue weighted by Gasteiger charge is -2.04. The number of nitrogens with zero attached hydrogens (tertiary/aromatic N) is 3. The molecule has 0 amide bonds. The molecule has 4 aromatic rings. The van der Waals surface area contributed by atoms with Crippen molar-refractivity contribution in [1.82, 2.24) is 19.5 Å². The quantitative estimate of drug-likeness (QED) is 0.619. The van der Waals surface area contributed by atoms with Gasteiger partial charge in [-0.05, 0) is 24.3 Å². The molecule has 1 aromatic carbocycles. The van der Waals surface area contributed by atoms with Crippen LogP contribution < -0.4 is 5.56 Å². The van der Waals surface area contributed by atoms with Crippen molar-refractivity contribution in [2.75, 3.05) is 0 Å². The third-order valence-electron chi connectivity index (χ3n) is 3.61. The predicted molar refractivity (Wildman–Crippen MR) is 86.2 cm³/mol. The maximum absolute atomic E-state index is 12.6. The zero-order chi connectivity index (χ0) is 15.1. The minimum absolute atomic E-state index is 0.136. The molecular weight excluding hydrogens is 300 g/mol. The topological polar surface area (TPSA) is 63.6 Å². The third kappa shape index (κ3) is 1.98. The molecule has 0 aliphatic heterocycles. The SMILES string of the molecule is O=c1c2[nH]c3cccc(Cl)c3c2ncn1Cc1ccccn1. The van der Waals surface area contributed by atoms with Crippen LogP contribution in [0, 0.1) is 0 Å². The number of aromatic nitrogens is 4. The number of aromatic amines is 1. The number of pyridine rings is 1. The van der Waals surface area contributed by atoms with E-state index in [9.17, 15) is 4.79 Å². The zero-order valence-electron chi connectivity index (χ0n) is 11.5. The highest BCUT2D eigenvalue weighted by Crippen LogP contribution is 2.28. The lowest BCUT2D eigenvalue weighted by atomic mass is 10.2. The van der Waals surface area contributed by atoms with Gasteiger partial charge in [0.2, 0.25) is 0 Å². The minimum Gasteiger partial charge on any atom is -0.349 e. The maximum Gasteiger partial charge on any atom is 0.278 e. The molecule has 0 saturated carbocycles. The fraction of sp³-hybridized carbons (Fsp3) is 0.0625. The zero-order valence-corrected chi connectivity index (χ0v) is 12.2. The predicted octanol–water partition coefficient (Wildman–Crippen LogP) is 2.97. The Morgan fingerprint density at radius 2 is 2.05 bits per heavy atom. The van der Waals surface area contributed by atoms with Crippen molar-refractivity contribution < 1.29 is 0 Å². The Labute approximate surface area is 130 Å². The van der Waals surface area contributed by atoms with Crippen molar-refractivity contribution in [3.05, 3.63) is 70.0 Å². The molecule has 3 heterocycles. The Morgan fingerprint density at radius 1 is 1.14 bits per heavy atom. The van der Waals surface area contributed by atoms with E-state index in [4.69, 9.17) is 11.6 Å². The number of benzene rings is 1. The van der Waals surface area contributed by atoms with Gasteiger partial charge < -0.3 is 4.98 Å². The van der Waals surface area contributed by atoms with Crippen LogP contribution in [-0.2, 0) is 6.54 Å². The van der Waals surface area contributed by atoms with Gasteiger partial charge in [-0.3, -0.25) is 14.3 Å². The first-order valence-corrected chi connectivity index (χ1v) is 7.17. The highest BCUT2D eigenvalue weighted by molar-refractivity contribution is 6.37. The molecule has 1 N–H and O–H groups in total. The number of H-pyrrole nitrogens is 1. The standard InChI is InChI=1S/C16H11ClN4O/c17-11-5-3-6-12-13(11)14-15(20-12)16(22)21(9-19-14)8-10-4-1-2-7-18-10/h1-7,9,20H,8H2. The van der Waals surface area contributed by atoms with Crippen LogP contribution in [0.25, 0.3) is 21.9 Å². The van der Waals surface area contributed by atoms with Crippen molar-refractivity contribution in [2.45, 2.75) is 6.54 Å². The van der Waals surface area contributed by atoms with Gasteiger partial charge in [0.05, 0.1) is 23.6 Å². The Balaban J connectivity index is 1.93. The van der Waals surface area contributed by atoms with Gasteiger partial charge in [0.25, 0.3) is 5.56 Å². The lowest BCUT2D eigenvalue weighted by Crippen LogP contribution is -2.21. The van der Waals surface area contributed by atoms with Crippen molar-refractivity contribution in [3.63, 3.8) is 0 Å². The van der Waals surface area contributed by atoms with E-state index in [1.54, 1.807) is 12.3 Å². The molecule has 0 fully saturated rings. The van der Waals surface area contributed by atoms with E-state index in [2.05, 4.69) is 15.0 Å². The van der Waals surface area contributed by atoms with Gasteiger partial charge in [-0.2, -0.15) is 0 Å². The Hall–Kier alpha value is -2.66. The number of halogens is 1. The first-order valence-electron chi connectivity index (χ1n) is 6.79. The van der Waals surface area contributed by atoms with E-state index in [1.807, 2.05) is 30.3 Å². The van der Waals surface area contributed by atoms with E-state index in [0.29, 0.717) is 22.6 Å². The van der Waals surface area contributed by atoms with Crippen molar-refractivity contribution in [2.24, 2.45) is 0 Å². The number of rotatable bonds is 2. The Morgan fingerprint density at radius 3 is 2.86 bits per heavy atom. The van der Waals surface area contributed by atoms with E-state index >= 15 is 0 Å². The average molecular weight is 311 g/mol. The smallest absolute Gasteiger partial charge is 0.278 e. The van der Waals surface area contributed by atoms with Crippen LogP contribution >= 0.6 is 11.6 Å². The number of nitrogens with one attached hydrogen (secondary N) is 1. The van der Waals surface area contributed by atoms with Crippen LogP contribution in [0.3, 0.4) is 0 Å². The summed E-state index contributed by atoms with van der Waals surface area (Å²) in [5.74, 6) is 0. The minimum atomic E-state index is -0.136. The maximum atomic E-state index is 12.6. The van der Waals surface area contributed by atoms with E-state index in [0.717, 1.165) is 16.6 Å². The number of hydrogen-bond donors (Lipinski definition) is 1. The van der Waals surface area contributed by atoms with Gasteiger partial charge in [0, 0.05) is 17.1 Å². The third-order valence-corrected chi connectivity index (χ3v) is 3.92. The van der Waals surface area contributed by atoms with Gasteiger partial charge >= 0.3 is 0 Å². The van der Waals surface area contributed by atoms with E-state index < -0.39 is 0 Å². The van der Waals surface area contributed by atoms with Gasteiger partial charge in [0.1, 0.15) is 11.0 Å². The Kier molecular flexibility index (Phi) is 2.94. The van der Waals surface area contributed by atoms with E-state index in [1.165, 1.54) is 10.9 Å². The summed E-state index contributed by atoms with van der Waals surface area (Å²) in [7, 11) is 0. The van der Waals surface area contributed by atoms with Crippen LogP contribution in [-0.4, -0.2) is 19.5 Å². The summed E-state index contributed by atoms with van der Waals surface area (Å²) in [6.45, 7) is 0.381. The van der Waals surface area contributed by atoms with Crippen LogP contribution in [0.1, 0.15) is 5.69 Å². The molecule has 0 atom stereocenters. The summed E-state index contributed by atoms with van der Waals surface area (Å²) in [5.41, 5.74) is 2.54. The highest BCUT2D eigenvalue weighted by Gasteiger charge is 2.13.